The molecule has 6 atom stereocenters. The summed E-state index contributed by atoms with van der Waals surface area (Å²) in [6.45, 7) is 36.8. The van der Waals surface area contributed by atoms with Gasteiger partial charge in [0, 0.05) is 70.0 Å². The van der Waals surface area contributed by atoms with E-state index >= 15 is 0 Å². The van der Waals surface area contributed by atoms with Crippen LogP contribution >= 0.6 is 0 Å². The van der Waals surface area contributed by atoms with Gasteiger partial charge in [-0.25, -0.2) is 0 Å². The Hall–Kier alpha value is -2.28. The predicted octanol–water partition coefficient (Wildman–Crippen LogP) is 7.21. The largest absolute Gasteiger partial charge is 0.462 e. The fraction of sp³-hybridized carbons (Fsp3) is 0.917. The highest BCUT2D eigenvalue weighted by Crippen LogP contribution is 2.49. The SMILES string of the molecule is CN1CCC(OC(=O)CC(C(=O)OC2CCN(C)C(C)(C)C2(C)C)C(CC(=O)OC2CCN(C)C(C)(C)C2(C)C)C(=O)OC2CCN(C)C(C)(C)C2(C)C)C(C)(C)C1(C)C. The lowest BCUT2D eigenvalue weighted by Gasteiger charge is -2.55. The second kappa shape index (κ2) is 17.0. The second-order valence-corrected chi connectivity index (χ2v) is 23.4. The summed E-state index contributed by atoms with van der Waals surface area (Å²) in [5.41, 5.74) is -3.09. The first kappa shape index (κ1) is 50.4. The summed E-state index contributed by atoms with van der Waals surface area (Å²) in [6.07, 6.45) is -0.394. The highest BCUT2D eigenvalue weighted by molar-refractivity contribution is 5.89. The summed E-state index contributed by atoms with van der Waals surface area (Å²) < 4.78 is 25.6. The molecular weight excluding hydrogens is 761 g/mol. The third-order valence-corrected chi connectivity index (χ3v) is 19.2. The third kappa shape index (κ3) is 8.80. The maximum atomic E-state index is 15.0. The molecule has 6 unspecified atom stereocenters. The monoisotopic (exact) mass is 847 g/mol. The van der Waals surface area contributed by atoms with E-state index in [1.54, 1.807) is 0 Å². The minimum atomic E-state index is -1.36. The van der Waals surface area contributed by atoms with Crippen LogP contribution in [0.4, 0.5) is 0 Å². The van der Waals surface area contributed by atoms with Crippen LogP contribution in [0.25, 0.3) is 0 Å². The van der Waals surface area contributed by atoms with Gasteiger partial charge in [-0.1, -0.05) is 55.4 Å². The lowest BCUT2D eigenvalue weighted by Crippen LogP contribution is -2.63. The van der Waals surface area contributed by atoms with Crippen LogP contribution in [0, 0.1) is 33.5 Å². The number of ether oxygens (including phenoxy) is 4. The number of hydrogen-bond acceptors (Lipinski definition) is 12. The second-order valence-electron chi connectivity index (χ2n) is 23.4. The van der Waals surface area contributed by atoms with Crippen molar-refractivity contribution in [3.05, 3.63) is 0 Å². The Balaban J connectivity index is 1.77. The highest BCUT2D eigenvalue weighted by Gasteiger charge is 2.56. The molecule has 0 spiro atoms. The first-order chi connectivity index (χ1) is 27.1. The summed E-state index contributed by atoms with van der Waals surface area (Å²) in [6, 6.07) is 0. The van der Waals surface area contributed by atoms with Crippen LogP contribution in [0.5, 0.6) is 0 Å². The van der Waals surface area contributed by atoms with Gasteiger partial charge in [0.2, 0.25) is 0 Å². The van der Waals surface area contributed by atoms with E-state index in [0.717, 1.165) is 13.1 Å². The molecule has 0 bridgehead atoms. The molecule has 0 aromatic carbocycles. The molecule has 0 radical (unpaired) electrons. The van der Waals surface area contributed by atoms with Crippen LogP contribution in [0.1, 0.15) is 149 Å². The highest BCUT2D eigenvalue weighted by atomic mass is 16.6. The summed E-state index contributed by atoms with van der Waals surface area (Å²) >= 11 is 0. The number of esters is 4. The number of likely N-dealkylation sites (tertiary alicyclic amines) is 4. The number of carbonyl (C=O) groups is 4. The molecule has 4 aliphatic heterocycles. The van der Waals surface area contributed by atoms with Crippen molar-refractivity contribution in [1.82, 2.24) is 19.6 Å². The maximum Gasteiger partial charge on any atom is 0.310 e. The van der Waals surface area contributed by atoms with Crippen molar-refractivity contribution in [2.45, 2.75) is 196 Å². The van der Waals surface area contributed by atoms with E-state index in [4.69, 9.17) is 18.9 Å². The van der Waals surface area contributed by atoms with Crippen LogP contribution in [-0.4, -0.2) is 144 Å². The summed E-state index contributed by atoms with van der Waals surface area (Å²) in [4.78, 5) is 67.8. The molecule has 0 aromatic rings. The average Bonchev–Trinajstić information content (AvgIpc) is 3.12. The van der Waals surface area contributed by atoms with Gasteiger partial charge < -0.3 is 38.5 Å². The van der Waals surface area contributed by atoms with Gasteiger partial charge in [-0.2, -0.15) is 0 Å². The van der Waals surface area contributed by atoms with Crippen LogP contribution in [0.3, 0.4) is 0 Å². The lowest BCUT2D eigenvalue weighted by atomic mass is 9.66. The van der Waals surface area contributed by atoms with Crippen LogP contribution < -0.4 is 0 Å². The first-order valence-electron chi connectivity index (χ1n) is 22.7. The fourth-order valence-corrected chi connectivity index (χ4v) is 10.2. The van der Waals surface area contributed by atoms with E-state index in [0.29, 0.717) is 38.8 Å². The normalized spacial score (nSPS) is 31.9. The van der Waals surface area contributed by atoms with E-state index in [1.807, 2.05) is 0 Å². The minimum absolute atomic E-state index is 0.290. The summed E-state index contributed by atoms with van der Waals surface area (Å²) in [5, 5.41) is 0. The van der Waals surface area contributed by atoms with Gasteiger partial charge in [-0.15, -0.1) is 0 Å². The van der Waals surface area contributed by atoms with Gasteiger partial charge in [0.05, 0.1) is 24.7 Å². The molecule has 0 amide bonds. The van der Waals surface area contributed by atoms with Crippen LogP contribution in [0.15, 0.2) is 0 Å². The predicted molar refractivity (Wildman–Crippen MR) is 236 cm³/mol. The molecule has 12 heteroatoms. The molecule has 4 heterocycles. The molecule has 0 aliphatic carbocycles. The Bertz CT molecular complexity index is 1480. The Morgan fingerprint density at radius 2 is 0.600 bits per heavy atom. The number of rotatable bonds is 11. The quantitative estimate of drug-likeness (QED) is 0.155. The van der Waals surface area contributed by atoms with Gasteiger partial charge in [0.15, 0.2) is 0 Å². The zero-order valence-corrected chi connectivity index (χ0v) is 41.6. The Morgan fingerprint density at radius 3 is 0.817 bits per heavy atom. The van der Waals surface area contributed by atoms with E-state index in [-0.39, 0.29) is 22.2 Å². The summed E-state index contributed by atoms with van der Waals surface area (Å²) in [7, 11) is 8.29. The van der Waals surface area contributed by atoms with E-state index in [2.05, 4.69) is 159 Å². The van der Waals surface area contributed by atoms with E-state index < -0.39 is 94.6 Å². The third-order valence-electron chi connectivity index (χ3n) is 19.2. The van der Waals surface area contributed by atoms with Crippen LogP contribution in [-0.2, 0) is 38.1 Å². The zero-order valence-electron chi connectivity index (χ0n) is 41.6. The number of nitrogens with zero attached hydrogens (tertiary/aromatic N) is 4. The van der Waals surface area contributed by atoms with Crippen molar-refractivity contribution < 1.29 is 38.1 Å². The van der Waals surface area contributed by atoms with Crippen molar-refractivity contribution in [2.24, 2.45) is 33.5 Å². The first-order valence-corrected chi connectivity index (χ1v) is 22.7. The Kier molecular flexibility index (Phi) is 14.3. The van der Waals surface area contributed by atoms with Crippen molar-refractivity contribution in [2.75, 3.05) is 54.4 Å². The standard InChI is InChI=1S/C48H86N4O8/c1-41(2)33(21-25-49(17)45(41,9)10)57-37(53)29-31(39(55)59-35-23-27-51(19)47(13,14)43(35,5)6)32(40(56)60-36-24-28-52(20)48(15,16)44(36,7)8)30-38(54)58-34-22-26-50(18)46(11,12)42(34,3)4/h31-36H,21-30H2,1-20H3. The van der Waals surface area contributed by atoms with Crippen molar-refractivity contribution in [3.63, 3.8) is 0 Å². The van der Waals surface area contributed by atoms with Gasteiger partial charge >= 0.3 is 23.9 Å². The molecule has 12 nitrogen and oxygen atoms in total. The van der Waals surface area contributed by atoms with Gasteiger partial charge in [0.25, 0.3) is 0 Å². The van der Waals surface area contributed by atoms with Crippen molar-refractivity contribution in [1.29, 1.82) is 0 Å². The van der Waals surface area contributed by atoms with E-state index in [9.17, 15) is 19.2 Å². The lowest BCUT2D eigenvalue weighted by molar-refractivity contribution is -0.193. The topological polar surface area (TPSA) is 118 Å². The molecule has 0 N–H and O–H groups in total. The minimum Gasteiger partial charge on any atom is -0.462 e. The molecular formula is C48H86N4O8. The molecule has 4 fully saturated rings. The molecule has 4 rings (SSSR count). The Labute approximate surface area is 364 Å². The van der Waals surface area contributed by atoms with Gasteiger partial charge in [-0.05, 0) is 109 Å². The number of piperidine rings is 4. The molecule has 346 valence electrons. The van der Waals surface area contributed by atoms with Gasteiger partial charge in [0.1, 0.15) is 24.4 Å². The zero-order chi connectivity index (χ0) is 46.0. The average molecular weight is 847 g/mol. The molecule has 4 saturated heterocycles. The maximum absolute atomic E-state index is 15.0. The molecule has 60 heavy (non-hydrogen) atoms. The van der Waals surface area contributed by atoms with Crippen LogP contribution in [0.2, 0.25) is 0 Å². The smallest absolute Gasteiger partial charge is 0.310 e. The molecule has 0 saturated carbocycles. The summed E-state index contributed by atoms with van der Waals surface area (Å²) in [5.74, 6) is -5.34. The molecule has 4 aliphatic rings. The Morgan fingerprint density at radius 1 is 0.400 bits per heavy atom. The number of hydrogen-bond donors (Lipinski definition) is 0. The fourth-order valence-electron chi connectivity index (χ4n) is 10.2. The number of carbonyl (C=O) groups excluding carboxylic acids is 4. The van der Waals surface area contributed by atoms with Crippen molar-refractivity contribution in [3.8, 4) is 0 Å². The van der Waals surface area contributed by atoms with E-state index in [1.165, 1.54) is 0 Å². The van der Waals surface area contributed by atoms with Crippen molar-refractivity contribution >= 4 is 23.9 Å². The van der Waals surface area contributed by atoms with Gasteiger partial charge in [-0.3, -0.25) is 19.2 Å². The molecule has 0 aromatic heterocycles.